The van der Waals surface area contributed by atoms with Crippen LogP contribution in [-0.4, -0.2) is 15.0 Å². The number of aromatic nitrogens is 3. The summed E-state index contributed by atoms with van der Waals surface area (Å²) in [5, 5.41) is 5.67. The first-order valence-electron chi connectivity index (χ1n) is 11.4. The van der Waals surface area contributed by atoms with Crippen LogP contribution in [0.25, 0.3) is 66.0 Å². The van der Waals surface area contributed by atoms with E-state index in [1.54, 1.807) is 0 Å². The van der Waals surface area contributed by atoms with E-state index >= 15 is 0 Å². The topological polar surface area (TPSA) is 38.7 Å². The SMILES string of the molecule is c1ccc2nc(-c3ccc(-c4ccc5ccc6cccnc6c5n4)c4ccccc34)ccc2c1. The maximum atomic E-state index is 5.09. The molecule has 0 bridgehead atoms. The minimum atomic E-state index is 0.931. The Kier molecular flexibility index (Phi) is 4.15. The highest BCUT2D eigenvalue weighted by Crippen LogP contribution is 2.36. The average molecular weight is 434 g/mol. The molecule has 0 fully saturated rings. The lowest BCUT2D eigenvalue weighted by Gasteiger charge is -2.12. The van der Waals surface area contributed by atoms with E-state index < -0.39 is 0 Å². The molecule has 0 spiro atoms. The number of fused-ring (bicyclic) bond motifs is 5. The molecule has 0 unspecified atom stereocenters. The molecular weight excluding hydrogens is 414 g/mol. The molecule has 0 N–H and O–H groups in total. The molecule has 3 aromatic heterocycles. The number of hydrogen-bond donors (Lipinski definition) is 0. The number of rotatable bonds is 2. The van der Waals surface area contributed by atoms with Crippen LogP contribution in [0.2, 0.25) is 0 Å². The van der Waals surface area contributed by atoms with Crippen LogP contribution in [0, 0.1) is 0 Å². The maximum absolute atomic E-state index is 5.09. The van der Waals surface area contributed by atoms with Crippen molar-refractivity contribution in [1.82, 2.24) is 15.0 Å². The number of hydrogen-bond acceptors (Lipinski definition) is 3. The molecule has 0 amide bonds. The van der Waals surface area contributed by atoms with E-state index in [0.717, 1.165) is 60.6 Å². The Morgan fingerprint density at radius 3 is 1.79 bits per heavy atom. The Labute approximate surface area is 196 Å². The van der Waals surface area contributed by atoms with Gasteiger partial charge in [-0.25, -0.2) is 9.97 Å². The summed E-state index contributed by atoms with van der Waals surface area (Å²) in [6, 6.07) is 37.8. The Morgan fingerprint density at radius 2 is 1.00 bits per heavy atom. The Hall–Kier alpha value is -4.63. The Bertz CT molecular complexity index is 1870. The van der Waals surface area contributed by atoms with Crippen molar-refractivity contribution < 1.29 is 0 Å². The quantitative estimate of drug-likeness (QED) is 0.261. The third-order valence-electron chi connectivity index (χ3n) is 6.51. The van der Waals surface area contributed by atoms with Gasteiger partial charge >= 0.3 is 0 Å². The van der Waals surface area contributed by atoms with E-state index in [1.165, 1.54) is 5.39 Å². The Morgan fingerprint density at radius 1 is 0.412 bits per heavy atom. The van der Waals surface area contributed by atoms with Crippen LogP contribution in [-0.2, 0) is 0 Å². The fourth-order valence-corrected chi connectivity index (χ4v) is 4.84. The van der Waals surface area contributed by atoms with Gasteiger partial charge in [0.15, 0.2) is 0 Å². The van der Waals surface area contributed by atoms with Crippen molar-refractivity contribution in [3.8, 4) is 22.5 Å². The first kappa shape index (κ1) is 18.9. The standard InChI is InChI=1S/C31H19N3/c1-4-10-27-20(6-1)13-17-28(33-27)25-15-16-26(24-9-3-2-8-23(24)25)29-18-14-22-12-11-21-7-5-19-32-30(21)31(22)34-29/h1-19H. The fraction of sp³-hybridized carbons (Fsp3) is 0. The summed E-state index contributed by atoms with van der Waals surface area (Å²) in [6.45, 7) is 0. The van der Waals surface area contributed by atoms with Crippen molar-refractivity contribution in [2.24, 2.45) is 0 Å². The van der Waals surface area contributed by atoms with Crippen molar-refractivity contribution in [3.05, 3.63) is 115 Å². The van der Waals surface area contributed by atoms with Crippen LogP contribution in [0.5, 0.6) is 0 Å². The van der Waals surface area contributed by atoms with E-state index in [9.17, 15) is 0 Å². The van der Waals surface area contributed by atoms with Gasteiger partial charge in [0.05, 0.1) is 27.9 Å². The van der Waals surface area contributed by atoms with E-state index in [4.69, 9.17) is 9.97 Å². The molecule has 158 valence electrons. The summed E-state index contributed by atoms with van der Waals surface area (Å²) in [5.74, 6) is 0. The van der Waals surface area contributed by atoms with Crippen LogP contribution in [0.4, 0.5) is 0 Å². The van der Waals surface area contributed by atoms with Gasteiger partial charge in [-0.05, 0) is 35.0 Å². The summed E-state index contributed by atoms with van der Waals surface area (Å²) in [7, 11) is 0. The second-order valence-electron chi connectivity index (χ2n) is 8.50. The molecule has 0 saturated heterocycles. The summed E-state index contributed by atoms with van der Waals surface area (Å²) in [6.07, 6.45) is 1.83. The van der Waals surface area contributed by atoms with Gasteiger partial charge in [-0.15, -0.1) is 0 Å². The van der Waals surface area contributed by atoms with Gasteiger partial charge in [0.2, 0.25) is 0 Å². The lowest BCUT2D eigenvalue weighted by molar-refractivity contribution is 1.37. The van der Waals surface area contributed by atoms with Gasteiger partial charge < -0.3 is 0 Å². The molecule has 0 aliphatic carbocycles. The van der Waals surface area contributed by atoms with Crippen molar-refractivity contribution in [1.29, 1.82) is 0 Å². The van der Waals surface area contributed by atoms with Crippen LogP contribution >= 0.6 is 0 Å². The number of para-hydroxylation sites is 1. The summed E-state index contributed by atoms with van der Waals surface area (Å²) in [4.78, 5) is 14.7. The lowest BCUT2D eigenvalue weighted by atomic mass is 9.95. The summed E-state index contributed by atoms with van der Waals surface area (Å²) in [5.41, 5.74) is 7.02. The van der Waals surface area contributed by atoms with Crippen LogP contribution in [0.3, 0.4) is 0 Å². The van der Waals surface area contributed by atoms with E-state index in [2.05, 4.69) is 96.0 Å². The molecule has 7 aromatic rings. The van der Waals surface area contributed by atoms with Crippen LogP contribution in [0.15, 0.2) is 115 Å². The number of benzene rings is 4. The van der Waals surface area contributed by atoms with Crippen LogP contribution < -0.4 is 0 Å². The zero-order chi connectivity index (χ0) is 22.5. The monoisotopic (exact) mass is 433 g/mol. The van der Waals surface area contributed by atoms with E-state index in [1.807, 2.05) is 24.4 Å². The van der Waals surface area contributed by atoms with Gasteiger partial charge in [-0.1, -0.05) is 84.9 Å². The molecule has 0 aliphatic rings. The predicted molar refractivity (Wildman–Crippen MR) is 141 cm³/mol. The van der Waals surface area contributed by atoms with Crippen LogP contribution in [0.1, 0.15) is 0 Å². The first-order chi connectivity index (χ1) is 16.8. The van der Waals surface area contributed by atoms with E-state index in [-0.39, 0.29) is 0 Å². The molecule has 0 radical (unpaired) electrons. The van der Waals surface area contributed by atoms with Gasteiger partial charge in [-0.3, -0.25) is 4.98 Å². The van der Waals surface area contributed by atoms with Crippen molar-refractivity contribution in [2.45, 2.75) is 0 Å². The zero-order valence-corrected chi connectivity index (χ0v) is 18.3. The number of pyridine rings is 3. The van der Waals surface area contributed by atoms with Gasteiger partial charge in [-0.2, -0.15) is 0 Å². The fourth-order valence-electron chi connectivity index (χ4n) is 4.84. The highest BCUT2D eigenvalue weighted by Gasteiger charge is 2.13. The highest BCUT2D eigenvalue weighted by molar-refractivity contribution is 6.07. The van der Waals surface area contributed by atoms with Crippen molar-refractivity contribution >= 4 is 43.5 Å². The minimum Gasteiger partial charge on any atom is -0.254 e. The van der Waals surface area contributed by atoms with E-state index in [0.29, 0.717) is 0 Å². The van der Waals surface area contributed by atoms with Gasteiger partial charge in [0.25, 0.3) is 0 Å². The average Bonchev–Trinajstić information content (AvgIpc) is 2.92. The smallest absolute Gasteiger partial charge is 0.0972 e. The molecule has 3 nitrogen and oxygen atoms in total. The molecule has 0 saturated carbocycles. The van der Waals surface area contributed by atoms with Crippen molar-refractivity contribution in [3.63, 3.8) is 0 Å². The highest BCUT2D eigenvalue weighted by atomic mass is 14.8. The van der Waals surface area contributed by atoms with Crippen molar-refractivity contribution in [2.75, 3.05) is 0 Å². The first-order valence-corrected chi connectivity index (χ1v) is 11.4. The molecule has 3 heteroatoms. The second-order valence-corrected chi connectivity index (χ2v) is 8.50. The largest absolute Gasteiger partial charge is 0.254 e. The maximum Gasteiger partial charge on any atom is 0.0972 e. The molecule has 7 rings (SSSR count). The van der Waals surface area contributed by atoms with Gasteiger partial charge in [0, 0.05) is 33.5 Å². The van der Waals surface area contributed by atoms with Gasteiger partial charge in [0.1, 0.15) is 0 Å². The lowest BCUT2D eigenvalue weighted by Crippen LogP contribution is -1.92. The number of nitrogens with zero attached hydrogens (tertiary/aromatic N) is 3. The minimum absolute atomic E-state index is 0.931. The molecule has 34 heavy (non-hydrogen) atoms. The third kappa shape index (κ3) is 2.95. The third-order valence-corrected chi connectivity index (χ3v) is 6.51. The summed E-state index contributed by atoms with van der Waals surface area (Å²) < 4.78 is 0. The molecule has 4 aromatic carbocycles. The molecule has 3 heterocycles. The zero-order valence-electron chi connectivity index (χ0n) is 18.3. The summed E-state index contributed by atoms with van der Waals surface area (Å²) >= 11 is 0. The molecule has 0 aliphatic heterocycles. The molecular formula is C31H19N3. The predicted octanol–water partition coefficient (Wildman–Crippen LogP) is 7.82. The molecule has 0 atom stereocenters. The Balaban J connectivity index is 1.45. The second kappa shape index (κ2) is 7.46. The normalized spacial score (nSPS) is 11.5.